The molecule has 650 valence electrons. The number of urea groups is 1. The predicted molar refractivity (Wildman–Crippen MR) is 449 cm³/mol. The zero-order chi connectivity index (χ0) is 85.3. The normalized spacial score (nSPS) is 21.9. The van der Waals surface area contributed by atoms with Crippen LogP contribution in [0.3, 0.4) is 0 Å². The number of primary amides is 1. The summed E-state index contributed by atoms with van der Waals surface area (Å²) in [7, 11) is 6.07. The summed E-state index contributed by atoms with van der Waals surface area (Å²) in [6.07, 6.45) is 6.32. The van der Waals surface area contributed by atoms with Gasteiger partial charge in [-0.15, -0.1) is 0 Å². The summed E-state index contributed by atoms with van der Waals surface area (Å²) in [5, 5.41) is 28.5. The zero-order valence-corrected chi connectivity index (χ0v) is 73.0. The number of esters is 3. The molecular formula is C84H132N10O19S3. The van der Waals surface area contributed by atoms with Crippen LogP contribution in [0.2, 0.25) is 0 Å². The van der Waals surface area contributed by atoms with Crippen molar-refractivity contribution < 1.29 is 91.1 Å². The van der Waals surface area contributed by atoms with Crippen molar-refractivity contribution in [3.8, 4) is 0 Å². The number of hydrogen-bond acceptors (Lipinski definition) is 22. The van der Waals surface area contributed by atoms with Gasteiger partial charge in [0.25, 0.3) is 0 Å². The van der Waals surface area contributed by atoms with Crippen LogP contribution in [-0.2, 0) is 83.0 Å². The van der Waals surface area contributed by atoms with Gasteiger partial charge in [-0.2, -0.15) is 35.3 Å². The molecule has 4 aliphatic rings. The van der Waals surface area contributed by atoms with Crippen molar-refractivity contribution in [1.82, 2.24) is 41.3 Å². The first-order chi connectivity index (χ1) is 55.2. The molecule has 29 nitrogen and oxygen atoms in total. The van der Waals surface area contributed by atoms with Gasteiger partial charge in [0.15, 0.2) is 0 Å². The van der Waals surface area contributed by atoms with Gasteiger partial charge in [-0.3, -0.25) is 52.8 Å². The van der Waals surface area contributed by atoms with E-state index in [0.29, 0.717) is 71.0 Å². The van der Waals surface area contributed by atoms with Crippen molar-refractivity contribution in [2.75, 3.05) is 69.7 Å². The molecule has 2 aromatic rings. The third kappa shape index (κ3) is 31.1. The first-order valence-corrected chi connectivity index (χ1v) is 44.8. The highest BCUT2D eigenvalue weighted by Crippen LogP contribution is 2.37. The maximum Gasteiger partial charge on any atom is 0.410 e. The van der Waals surface area contributed by atoms with Gasteiger partial charge in [-0.25, -0.2) is 9.59 Å². The van der Waals surface area contributed by atoms with Crippen LogP contribution in [-0.4, -0.2) is 239 Å². The Balaban J connectivity index is 0.989. The first kappa shape index (κ1) is 97.4. The number of likely N-dealkylation sites (N-methyl/N-ethyl adjacent to an activating group) is 2. The zero-order valence-electron chi connectivity index (χ0n) is 70.6. The Hall–Kier alpha value is -7.39. The second-order valence-electron chi connectivity index (χ2n) is 32.3. The molecule has 6 rings (SSSR count). The molecule has 2 aromatic carbocycles. The number of amides is 10. The third-order valence-electron chi connectivity index (χ3n) is 22.4. The molecule has 2 unspecified atom stereocenters. The molecule has 116 heavy (non-hydrogen) atoms. The highest BCUT2D eigenvalue weighted by Gasteiger charge is 2.45. The van der Waals surface area contributed by atoms with Crippen LogP contribution in [0.1, 0.15) is 208 Å². The van der Waals surface area contributed by atoms with E-state index in [4.69, 9.17) is 34.2 Å². The molecule has 0 aromatic heterocycles. The van der Waals surface area contributed by atoms with Crippen LogP contribution < -0.4 is 37.6 Å². The maximum absolute atomic E-state index is 14.9. The molecule has 2 aliphatic heterocycles. The largest absolute Gasteiger partial charge is 0.462 e. The second-order valence-corrected chi connectivity index (χ2v) is 36.1. The average molecular weight is 1680 g/mol. The molecule has 10 amide bonds. The maximum atomic E-state index is 14.9. The third-order valence-corrected chi connectivity index (χ3v) is 26.3. The van der Waals surface area contributed by atoms with Crippen molar-refractivity contribution in [2.24, 2.45) is 35.3 Å². The Kier molecular flexibility index (Phi) is 41.9. The fourth-order valence-electron chi connectivity index (χ4n) is 15.7. The molecule has 2 bridgehead atoms. The van der Waals surface area contributed by atoms with Crippen molar-refractivity contribution >= 4 is 112 Å². The Morgan fingerprint density at radius 3 is 1.87 bits per heavy atom. The van der Waals surface area contributed by atoms with E-state index in [0.717, 1.165) is 37.4 Å². The number of ether oxygens (including phenoxy) is 6. The van der Waals surface area contributed by atoms with Crippen LogP contribution in [0.25, 0.3) is 0 Å². The molecule has 0 spiro atoms. The standard InChI is InChI=1S/C84H132N10O19S3/c1-15-53(8)75(64(108-13)47-68(96)94-40-25-29-63(94)77(109-14)54(9)78(101)87-55(10)76(100)57-26-20-19-21-27-57)92(11)82(105)73(51(4)5)91-81(104)74(52(6)7)93(12)84(107)110-48-56-32-34-58(35-33-56)88-79(102)62(28-24-39-86-83(85)106)89-80(103)72(50(2)3)90-67(95)49-114-41-36-69(97)111-59-44-60-46-61(45-59)113-71(99)38-43-116-66-31-23-18-16-17-22-30-65(66)115-42-37-70(98)112-60/h19-21,26-27,32-35,50-55,59-66,72-77,100H,15-18,22-25,28-31,36-49H2,1-14H3,(H,87,101)(H,88,102)(H,89,103)(H,90,95)(H,91,104)(H3,85,86,106)/t53-,54+,55+,59-,60+,61-,62-,63-,64+,65?,66?,72-,73-,74-,75-,76+,77+/m0/s1. The summed E-state index contributed by atoms with van der Waals surface area (Å²) in [4.78, 5) is 169. The molecule has 4 fully saturated rings. The fourth-order valence-corrected chi connectivity index (χ4v) is 19.5. The number of thioether (sulfide) groups is 3. The number of nitrogens with two attached hydrogens (primary N) is 1. The minimum Gasteiger partial charge on any atom is -0.462 e. The Morgan fingerprint density at radius 1 is 0.690 bits per heavy atom. The lowest BCUT2D eigenvalue weighted by atomic mass is 9.89. The number of likely N-dealkylation sites (tertiary alicyclic amines) is 1. The van der Waals surface area contributed by atoms with E-state index in [-0.39, 0.29) is 106 Å². The van der Waals surface area contributed by atoms with E-state index >= 15 is 0 Å². The topological polar surface area (TPSA) is 388 Å². The van der Waals surface area contributed by atoms with Crippen LogP contribution in [0.4, 0.5) is 15.3 Å². The van der Waals surface area contributed by atoms with E-state index < -0.39 is 150 Å². The number of aliphatic hydroxyl groups excluding tert-OH is 1. The summed E-state index contributed by atoms with van der Waals surface area (Å²) >= 11 is 4.81. The SMILES string of the molecule is CC[C@H](C)[C@@H]([C@@H](CC(=O)N1CCC[C@H]1[C@H](OC)[C@@H](C)C(=O)N[C@H](C)[C@@H](O)c1ccccc1)OC)N(C)C(=O)[C@@H](NC(=O)[C@H](C(C)C)N(C)C(=O)OCc1ccc(NC(=O)[C@H](CCCNC(N)=O)NC(=O)[C@@H](NC(=O)CSCCC(=O)O[C@H]2C[C@@H]3C[C@H](C2)OC(=O)CCSC2CCCCCCCC2SCCC(=O)O3)C(C)C)cc1)C(C)C. The molecule has 17 atom stereocenters. The lowest BCUT2D eigenvalue weighted by Crippen LogP contribution is -2.60. The monoisotopic (exact) mass is 1680 g/mol. The van der Waals surface area contributed by atoms with Crippen molar-refractivity contribution in [3.63, 3.8) is 0 Å². The minimum atomic E-state index is -1.16. The highest BCUT2D eigenvalue weighted by atomic mass is 32.2. The smallest absolute Gasteiger partial charge is 0.410 e. The number of hydrogen-bond donors (Lipinski definition) is 8. The van der Waals surface area contributed by atoms with E-state index in [1.54, 1.807) is 109 Å². The van der Waals surface area contributed by atoms with Gasteiger partial charge < -0.3 is 81.0 Å². The second kappa shape index (κ2) is 49.9. The van der Waals surface area contributed by atoms with Crippen LogP contribution >= 0.6 is 35.3 Å². The molecule has 2 saturated carbocycles. The number of methoxy groups -OCH3 is 2. The van der Waals surface area contributed by atoms with Crippen LogP contribution in [0.15, 0.2) is 54.6 Å². The summed E-state index contributed by atoms with van der Waals surface area (Å²) in [5.41, 5.74) is 6.80. The fraction of sp³-hybridized carbons (Fsp3) is 0.714. The van der Waals surface area contributed by atoms with Crippen molar-refractivity contribution in [3.05, 3.63) is 65.7 Å². The summed E-state index contributed by atoms with van der Waals surface area (Å²) in [5.74, 6) is -5.43. The number of nitrogens with zero attached hydrogens (tertiary/aromatic N) is 3. The van der Waals surface area contributed by atoms with E-state index in [9.17, 15) is 62.6 Å². The number of anilines is 1. The average Bonchev–Trinajstić information content (AvgIpc) is 1.38. The number of rotatable bonds is 38. The van der Waals surface area contributed by atoms with E-state index in [1.807, 2.05) is 55.6 Å². The van der Waals surface area contributed by atoms with Gasteiger partial charge in [0, 0.05) is 94.1 Å². The number of fused-ring (bicyclic) bond motifs is 3. The van der Waals surface area contributed by atoms with Gasteiger partial charge in [0.1, 0.15) is 49.1 Å². The molecule has 9 N–H and O–H groups in total. The number of benzene rings is 2. The molecule has 2 heterocycles. The minimum absolute atomic E-state index is 0.0484. The van der Waals surface area contributed by atoms with E-state index in [2.05, 4.69) is 31.9 Å². The molecule has 2 aliphatic carbocycles. The van der Waals surface area contributed by atoms with E-state index in [1.165, 1.54) is 45.4 Å². The van der Waals surface area contributed by atoms with Gasteiger partial charge >= 0.3 is 30.0 Å². The Bertz CT molecular complexity index is 3450. The molecule has 32 heteroatoms. The summed E-state index contributed by atoms with van der Waals surface area (Å²) in [6.45, 7) is 18.3. The quantitative estimate of drug-likeness (QED) is 0.0176. The number of carbonyl (C=O) groups is 12. The van der Waals surface area contributed by atoms with Crippen LogP contribution in [0.5, 0.6) is 0 Å². The van der Waals surface area contributed by atoms with Gasteiger partial charge in [0.2, 0.25) is 41.4 Å². The lowest BCUT2D eigenvalue weighted by molar-refractivity contribution is -0.169. The molecule has 0 radical (unpaired) electrons. The number of aliphatic hydroxyl groups is 1. The first-order valence-electron chi connectivity index (χ1n) is 41.5. The highest BCUT2D eigenvalue weighted by molar-refractivity contribution is 8.03. The summed E-state index contributed by atoms with van der Waals surface area (Å²) in [6, 6.07) is 8.51. The number of nitrogens with one attached hydrogen (secondary N) is 6. The number of carbonyl (C=O) groups excluding carboxylic acids is 12. The van der Waals surface area contributed by atoms with Crippen molar-refractivity contribution in [2.45, 2.75) is 287 Å². The Labute approximate surface area is 698 Å². The lowest BCUT2D eigenvalue weighted by Gasteiger charge is -2.41. The van der Waals surface area contributed by atoms with Gasteiger partial charge in [-0.1, -0.05) is 143 Å². The van der Waals surface area contributed by atoms with Gasteiger partial charge in [-0.05, 0) is 92.4 Å². The van der Waals surface area contributed by atoms with Gasteiger partial charge in [0.05, 0.1) is 73.8 Å². The van der Waals surface area contributed by atoms with Crippen LogP contribution in [0, 0.1) is 29.6 Å². The summed E-state index contributed by atoms with van der Waals surface area (Å²) < 4.78 is 35.5. The molecule has 2 saturated heterocycles. The van der Waals surface area contributed by atoms with Crippen molar-refractivity contribution in [1.29, 1.82) is 0 Å². The Morgan fingerprint density at radius 2 is 1.30 bits per heavy atom. The molecular weight excluding hydrogens is 1550 g/mol. The predicted octanol–water partition coefficient (Wildman–Crippen LogP) is 9.38.